The molecule has 0 N–H and O–H groups in total. The monoisotopic (exact) mass is 221 g/mol. The van der Waals surface area contributed by atoms with Crippen molar-refractivity contribution in [1.29, 1.82) is 0 Å². The highest BCUT2D eigenvalue weighted by Crippen LogP contribution is 2.31. The molecule has 0 heterocycles. The minimum absolute atomic E-state index is 0.679. The predicted molar refractivity (Wildman–Crippen MR) is 67.0 cm³/mol. The lowest BCUT2D eigenvalue weighted by atomic mass is 10.1. The lowest BCUT2D eigenvalue weighted by Crippen LogP contribution is -1.85. The maximum absolute atomic E-state index is 7.38. The lowest BCUT2D eigenvalue weighted by molar-refractivity contribution is 0.414. The SMILES string of the molecule is [1H][13C]([2H])([2H])Sc1cc(OC)cc2ccc(C)cc12. The fraction of sp³-hybridized carbons (Fsp3) is 0.231. The molecule has 0 radical (unpaired) electrons. The van der Waals surface area contributed by atoms with Gasteiger partial charge in [-0.2, -0.15) is 0 Å². The van der Waals surface area contributed by atoms with Crippen LogP contribution >= 0.6 is 11.8 Å². The molecule has 0 aliphatic heterocycles. The van der Waals surface area contributed by atoms with Gasteiger partial charge in [0.1, 0.15) is 5.75 Å². The number of thioether (sulfide) groups is 1. The van der Waals surface area contributed by atoms with Gasteiger partial charge in [-0.1, -0.05) is 23.8 Å². The van der Waals surface area contributed by atoms with Crippen molar-refractivity contribution in [2.45, 2.75) is 11.8 Å². The first-order valence-electron chi connectivity index (χ1n) is 6.16. The molecule has 0 amide bonds. The van der Waals surface area contributed by atoms with Gasteiger partial charge in [0.15, 0.2) is 0 Å². The van der Waals surface area contributed by atoms with Crippen LogP contribution < -0.4 is 4.74 Å². The normalized spacial score (nSPS) is 14.4. The van der Waals surface area contributed by atoms with Crippen LogP contribution in [-0.2, 0) is 0 Å². The Kier molecular flexibility index (Phi) is 1.99. The first-order valence-corrected chi connectivity index (χ1v) is 5.48. The fourth-order valence-electron chi connectivity index (χ4n) is 1.61. The van der Waals surface area contributed by atoms with Crippen LogP contribution in [0.3, 0.4) is 0 Å². The maximum atomic E-state index is 7.38. The quantitative estimate of drug-likeness (QED) is 0.562. The number of benzene rings is 2. The molecule has 0 bridgehead atoms. The molecule has 0 aromatic heterocycles. The van der Waals surface area contributed by atoms with E-state index in [1.54, 1.807) is 13.2 Å². The maximum Gasteiger partial charge on any atom is 0.120 e. The van der Waals surface area contributed by atoms with Crippen molar-refractivity contribution in [3.8, 4) is 5.75 Å². The first kappa shape index (κ1) is 7.18. The molecule has 2 aromatic rings. The third-order valence-electron chi connectivity index (χ3n) is 2.39. The van der Waals surface area contributed by atoms with Crippen LogP contribution in [0.1, 0.15) is 9.68 Å². The Balaban J connectivity index is 2.63. The number of rotatable bonds is 2. The Bertz CT molecular complexity index is 578. The topological polar surface area (TPSA) is 9.23 Å². The van der Waals surface area contributed by atoms with E-state index in [1.807, 2.05) is 31.2 Å². The summed E-state index contributed by atoms with van der Waals surface area (Å²) in [6.07, 6.45) is -2.05. The molecule has 0 saturated carbocycles. The van der Waals surface area contributed by atoms with Gasteiger partial charge in [-0.05, 0) is 36.0 Å². The van der Waals surface area contributed by atoms with Crippen LogP contribution in [0.5, 0.6) is 5.75 Å². The Labute approximate surface area is 98.7 Å². The Morgan fingerprint density at radius 3 is 3.00 bits per heavy atom. The Hall–Kier alpha value is -1.15. The van der Waals surface area contributed by atoms with Crippen LogP contribution in [0.2, 0.25) is 0 Å². The molecule has 0 spiro atoms. The zero-order chi connectivity index (χ0) is 13.3. The molecule has 2 heteroatoms. The van der Waals surface area contributed by atoms with Gasteiger partial charge in [-0.15, -0.1) is 11.8 Å². The molecule has 0 unspecified atom stereocenters. The highest BCUT2D eigenvalue weighted by Gasteiger charge is 2.03. The van der Waals surface area contributed by atoms with E-state index in [4.69, 9.17) is 8.85 Å². The summed E-state index contributed by atoms with van der Waals surface area (Å²) in [6.45, 7) is 1.99. The molecular weight excluding hydrogens is 205 g/mol. The van der Waals surface area contributed by atoms with Gasteiger partial charge in [-0.3, -0.25) is 0 Å². The number of hydrogen-bond donors (Lipinski definition) is 0. The van der Waals surface area contributed by atoms with Crippen molar-refractivity contribution in [3.05, 3.63) is 35.9 Å². The molecule has 0 aliphatic rings. The Morgan fingerprint density at radius 1 is 1.40 bits per heavy atom. The van der Waals surface area contributed by atoms with Gasteiger partial charge < -0.3 is 4.74 Å². The summed E-state index contributed by atoms with van der Waals surface area (Å²) in [4.78, 5) is 0.730. The summed E-state index contributed by atoms with van der Waals surface area (Å²) in [7, 11) is 1.58. The van der Waals surface area contributed by atoms with E-state index < -0.39 is 6.18 Å². The van der Waals surface area contributed by atoms with Crippen molar-refractivity contribution in [1.82, 2.24) is 0 Å². The number of aryl methyl sites for hydroxylation is 1. The highest BCUT2D eigenvalue weighted by atomic mass is 32.2. The van der Waals surface area contributed by atoms with Crippen molar-refractivity contribution in [3.63, 3.8) is 0 Å². The van der Waals surface area contributed by atoms with Gasteiger partial charge in [0.25, 0.3) is 0 Å². The number of hydrogen-bond acceptors (Lipinski definition) is 2. The zero-order valence-electron chi connectivity index (χ0n) is 11.7. The Morgan fingerprint density at radius 2 is 2.27 bits per heavy atom. The van der Waals surface area contributed by atoms with E-state index in [2.05, 4.69) is 0 Å². The number of ether oxygens (including phenoxy) is 1. The van der Waals surface area contributed by atoms with Gasteiger partial charge in [0, 0.05) is 9.01 Å². The summed E-state index contributed by atoms with van der Waals surface area (Å²) in [5, 5.41) is 1.95. The van der Waals surface area contributed by atoms with E-state index >= 15 is 0 Å². The molecule has 0 fully saturated rings. The van der Waals surface area contributed by atoms with Gasteiger partial charge >= 0.3 is 0 Å². The van der Waals surface area contributed by atoms with Crippen molar-refractivity contribution in [2.75, 3.05) is 13.3 Å². The second kappa shape index (κ2) is 4.15. The van der Waals surface area contributed by atoms with Crippen LogP contribution in [0.15, 0.2) is 35.2 Å². The third-order valence-corrected chi connectivity index (χ3v) is 2.95. The van der Waals surface area contributed by atoms with E-state index in [0.717, 1.165) is 33.0 Å². The largest absolute Gasteiger partial charge is 0.497 e. The molecule has 78 valence electrons. The molecule has 2 aromatic carbocycles. The van der Waals surface area contributed by atoms with E-state index in [0.29, 0.717) is 5.75 Å². The van der Waals surface area contributed by atoms with Crippen molar-refractivity contribution in [2.24, 2.45) is 0 Å². The van der Waals surface area contributed by atoms with Gasteiger partial charge in [0.2, 0.25) is 0 Å². The smallest absolute Gasteiger partial charge is 0.120 e. The fourth-order valence-corrected chi connectivity index (χ4v) is 2.08. The van der Waals surface area contributed by atoms with E-state index in [-0.39, 0.29) is 0 Å². The summed E-state index contributed by atoms with van der Waals surface area (Å²) in [5.74, 6) is 0.679. The predicted octanol–water partition coefficient (Wildman–Crippen LogP) is 3.88. The molecule has 0 aliphatic carbocycles. The summed E-state index contributed by atoms with van der Waals surface area (Å²) >= 11 is 0.888. The number of methoxy groups -OCH3 is 1. The third kappa shape index (κ3) is 1.95. The second-order valence-electron chi connectivity index (χ2n) is 3.45. The molecular formula is C13H14OS. The van der Waals surface area contributed by atoms with Gasteiger partial charge in [0.05, 0.1) is 7.11 Å². The van der Waals surface area contributed by atoms with Crippen molar-refractivity contribution < 1.29 is 8.85 Å². The standard InChI is InChI=1S/C13H14OS/c1-9-4-5-10-7-11(14-2)8-13(15-3)12(10)6-9/h4-8H,1-3H3/i3+1D2H. The molecule has 0 atom stereocenters. The lowest BCUT2D eigenvalue weighted by Gasteiger charge is -2.08. The summed E-state index contributed by atoms with van der Waals surface area (Å²) in [6, 6.07) is 9.68. The van der Waals surface area contributed by atoms with Crippen LogP contribution in [0, 0.1) is 6.92 Å². The number of fused-ring (bicyclic) bond motifs is 1. The summed E-state index contributed by atoms with van der Waals surface area (Å²) < 4.78 is 27.4. The first-order chi connectivity index (χ1) is 8.39. The molecule has 0 saturated heterocycles. The van der Waals surface area contributed by atoms with Crippen LogP contribution in [-0.4, -0.2) is 13.3 Å². The minimum Gasteiger partial charge on any atom is -0.497 e. The van der Waals surface area contributed by atoms with Gasteiger partial charge in [-0.25, -0.2) is 0 Å². The molecule has 1 nitrogen and oxygen atoms in total. The van der Waals surface area contributed by atoms with Crippen LogP contribution in [0.4, 0.5) is 0 Å². The van der Waals surface area contributed by atoms with Crippen molar-refractivity contribution >= 4 is 22.5 Å². The highest BCUT2D eigenvalue weighted by molar-refractivity contribution is 7.98. The summed E-state index contributed by atoms with van der Waals surface area (Å²) in [5.41, 5.74) is 1.11. The van der Waals surface area contributed by atoms with E-state index in [1.165, 1.54) is 0 Å². The average Bonchev–Trinajstić information content (AvgIpc) is 2.27. The second-order valence-corrected chi connectivity index (χ2v) is 4.10. The minimum atomic E-state index is -2.05. The zero-order valence-corrected chi connectivity index (χ0v) is 9.52. The van der Waals surface area contributed by atoms with E-state index in [9.17, 15) is 0 Å². The molecule has 15 heavy (non-hydrogen) atoms. The van der Waals surface area contributed by atoms with Crippen LogP contribution in [0.25, 0.3) is 10.8 Å². The molecule has 2 rings (SSSR count). The average molecular weight is 221 g/mol.